The Morgan fingerprint density at radius 3 is 2.23 bits per heavy atom. The number of alkyl halides is 6. The van der Waals surface area contributed by atoms with E-state index >= 15 is 0 Å². The van der Waals surface area contributed by atoms with Crippen molar-refractivity contribution < 1.29 is 54.7 Å². The number of nitrogens with zero attached hydrogens (tertiary/aromatic N) is 4. The molecular weight excluding hydrogens is 614 g/mol. The molecule has 0 saturated heterocycles. The minimum Gasteiger partial charge on any atom is -0.493 e. The number of nitrogen functional groups attached to an aromatic ring is 1. The first-order valence-electron chi connectivity index (χ1n) is 11.2. The lowest BCUT2D eigenvalue weighted by molar-refractivity contribution is -0.108. The van der Waals surface area contributed by atoms with Gasteiger partial charge in [-0.1, -0.05) is 23.9 Å². The van der Waals surface area contributed by atoms with Crippen molar-refractivity contribution >= 4 is 43.6 Å². The van der Waals surface area contributed by atoms with Crippen LogP contribution in [-0.2, 0) is 20.4 Å². The third-order valence-corrected chi connectivity index (χ3v) is 11.4. The Bertz CT molecular complexity index is 1400. The zero-order valence-electron chi connectivity index (χ0n) is 20.5. The molecule has 4 N–H and O–H groups in total. The van der Waals surface area contributed by atoms with Crippen LogP contribution in [0.3, 0.4) is 0 Å². The third kappa shape index (κ3) is 8.57. The maximum atomic E-state index is 12.8. The van der Waals surface area contributed by atoms with Gasteiger partial charge in [0, 0.05) is 6.54 Å². The zero-order valence-corrected chi connectivity index (χ0v) is 23.1. The standard InChI is InChI=1S/C20H23F6N5O6P2S/c1-2-36-12-5-3-4-6-13(12)40-16-14-15(29-17(27)30-16)31(11-28-14)7-8-37-18(38(32,33)9-19(21,22)23)39(34,35)10-20(24,25)26/h3-6,11,18H,2,7-10H2,1H3,(H,32,33)(H,34,35)(H2,27,29,30). The molecule has 222 valence electrons. The van der Waals surface area contributed by atoms with Crippen molar-refractivity contribution in [2.75, 3.05) is 31.3 Å². The summed E-state index contributed by atoms with van der Waals surface area (Å²) < 4.78 is 113. The van der Waals surface area contributed by atoms with Gasteiger partial charge in [0.1, 0.15) is 28.6 Å². The van der Waals surface area contributed by atoms with E-state index in [1.54, 1.807) is 31.2 Å². The number of anilines is 1. The molecule has 3 aromatic rings. The fourth-order valence-electron chi connectivity index (χ4n) is 3.52. The van der Waals surface area contributed by atoms with Crippen LogP contribution in [0.5, 0.6) is 5.75 Å². The Labute approximate surface area is 227 Å². The van der Waals surface area contributed by atoms with E-state index in [1.165, 1.54) is 10.9 Å². The number of benzene rings is 1. The predicted molar refractivity (Wildman–Crippen MR) is 133 cm³/mol. The highest BCUT2D eigenvalue weighted by molar-refractivity contribution is 7.99. The smallest absolute Gasteiger partial charge is 0.398 e. The number of hydrogen-bond acceptors (Lipinski definition) is 9. The van der Waals surface area contributed by atoms with Crippen molar-refractivity contribution in [1.29, 1.82) is 0 Å². The summed E-state index contributed by atoms with van der Waals surface area (Å²) in [6.07, 6.45) is -14.5. The maximum absolute atomic E-state index is 12.8. The summed E-state index contributed by atoms with van der Waals surface area (Å²) in [5, 5.41) is 0.294. The summed E-state index contributed by atoms with van der Waals surface area (Å²) in [5.41, 5.74) is 2.99. The molecule has 0 radical (unpaired) electrons. The van der Waals surface area contributed by atoms with E-state index in [2.05, 4.69) is 15.0 Å². The van der Waals surface area contributed by atoms with Gasteiger partial charge < -0.3 is 29.6 Å². The van der Waals surface area contributed by atoms with Crippen LogP contribution in [-0.4, -0.2) is 72.8 Å². The molecule has 0 bridgehead atoms. The number of imidazole rings is 1. The highest BCUT2D eigenvalue weighted by atomic mass is 32.2. The second-order valence-electron chi connectivity index (χ2n) is 8.23. The van der Waals surface area contributed by atoms with E-state index in [9.17, 15) is 45.3 Å². The van der Waals surface area contributed by atoms with E-state index in [4.69, 9.17) is 15.2 Å². The van der Waals surface area contributed by atoms with Gasteiger partial charge in [0.25, 0.3) is 0 Å². The van der Waals surface area contributed by atoms with Crippen molar-refractivity contribution in [3.05, 3.63) is 30.6 Å². The predicted octanol–water partition coefficient (Wildman–Crippen LogP) is 4.92. The summed E-state index contributed by atoms with van der Waals surface area (Å²) in [5.74, 6) is 0.360. The van der Waals surface area contributed by atoms with Crippen molar-refractivity contribution in [3.8, 4) is 5.75 Å². The summed E-state index contributed by atoms with van der Waals surface area (Å²) in [6, 6.07) is 7.02. The van der Waals surface area contributed by atoms with Crippen LogP contribution in [0.4, 0.5) is 32.3 Å². The molecule has 0 spiro atoms. The van der Waals surface area contributed by atoms with Crippen molar-refractivity contribution in [1.82, 2.24) is 19.5 Å². The summed E-state index contributed by atoms with van der Waals surface area (Å²) in [7, 11) is -11.6. The largest absolute Gasteiger partial charge is 0.493 e. The van der Waals surface area contributed by atoms with E-state index in [0.29, 0.717) is 22.3 Å². The van der Waals surface area contributed by atoms with Gasteiger partial charge in [-0.25, -0.2) is 9.97 Å². The summed E-state index contributed by atoms with van der Waals surface area (Å²) in [6.45, 7) is 0.942. The molecule has 0 saturated carbocycles. The van der Waals surface area contributed by atoms with Crippen molar-refractivity contribution in [3.63, 3.8) is 0 Å². The Kier molecular flexibility index (Phi) is 9.85. The second kappa shape index (κ2) is 12.2. The number of para-hydroxylation sites is 1. The molecule has 0 fully saturated rings. The van der Waals surface area contributed by atoms with Crippen LogP contribution in [0.2, 0.25) is 0 Å². The SMILES string of the molecule is CCOc1ccccc1Sc1nc(N)nc2c1ncn2CCOC(P(=O)(O)CC(F)(F)F)P(=O)(O)CC(F)(F)F. The summed E-state index contributed by atoms with van der Waals surface area (Å²) in [4.78, 5) is 32.8. The molecule has 0 aliphatic carbocycles. The topological polar surface area (TPSA) is 163 Å². The minimum atomic E-state index is -5.80. The highest BCUT2D eigenvalue weighted by Crippen LogP contribution is 2.67. The number of aromatic nitrogens is 4. The van der Waals surface area contributed by atoms with Gasteiger partial charge in [-0.2, -0.15) is 31.3 Å². The van der Waals surface area contributed by atoms with Crippen LogP contribution >= 0.6 is 26.5 Å². The van der Waals surface area contributed by atoms with E-state index in [1.807, 2.05) is 0 Å². The average molecular weight is 637 g/mol. The van der Waals surface area contributed by atoms with Crippen molar-refractivity contribution in [2.24, 2.45) is 0 Å². The van der Waals surface area contributed by atoms with E-state index < -0.39 is 58.2 Å². The number of ether oxygens (including phenoxy) is 2. The monoisotopic (exact) mass is 637 g/mol. The lowest BCUT2D eigenvalue weighted by Gasteiger charge is -2.28. The quantitative estimate of drug-likeness (QED) is 0.140. The Hall–Kier alpha value is -2.36. The van der Waals surface area contributed by atoms with Crippen LogP contribution in [0.25, 0.3) is 11.2 Å². The first-order chi connectivity index (χ1) is 18.4. The Balaban J connectivity index is 1.87. The molecule has 11 nitrogen and oxygen atoms in total. The van der Waals surface area contributed by atoms with Crippen LogP contribution in [0, 0.1) is 0 Å². The first kappa shape index (κ1) is 32.2. The van der Waals surface area contributed by atoms with Crippen LogP contribution in [0.1, 0.15) is 6.92 Å². The number of fused-ring (bicyclic) bond motifs is 1. The normalized spacial score (nSPS) is 16.4. The number of hydrogen-bond donors (Lipinski definition) is 3. The molecule has 2 atom stereocenters. The molecule has 3 rings (SSSR count). The van der Waals surface area contributed by atoms with Gasteiger partial charge in [0.2, 0.25) is 26.3 Å². The molecule has 2 heterocycles. The third-order valence-electron chi connectivity index (χ3n) is 4.91. The fourth-order valence-corrected chi connectivity index (χ4v) is 9.25. The van der Waals surface area contributed by atoms with Gasteiger partial charge in [0.15, 0.2) is 5.65 Å². The molecule has 0 aliphatic rings. The first-order valence-corrected chi connectivity index (χ1v) is 15.8. The molecule has 20 heteroatoms. The Morgan fingerprint density at radius 2 is 1.65 bits per heavy atom. The maximum Gasteiger partial charge on any atom is 0.398 e. The average Bonchev–Trinajstić information content (AvgIpc) is 3.17. The number of rotatable bonds is 12. The number of halogens is 6. The molecule has 0 amide bonds. The van der Waals surface area contributed by atoms with Crippen molar-refractivity contribution in [2.45, 2.75) is 41.3 Å². The van der Waals surface area contributed by atoms with Crippen LogP contribution < -0.4 is 10.5 Å². The molecule has 0 aliphatic heterocycles. The number of nitrogens with two attached hydrogens (primary N) is 1. The van der Waals surface area contributed by atoms with Gasteiger partial charge in [-0.15, -0.1) is 0 Å². The second-order valence-corrected chi connectivity index (χ2v) is 14.3. The fraction of sp³-hybridized carbons (Fsp3) is 0.450. The van der Waals surface area contributed by atoms with Gasteiger partial charge >= 0.3 is 12.4 Å². The van der Waals surface area contributed by atoms with Gasteiger partial charge in [-0.05, 0) is 19.1 Å². The lowest BCUT2D eigenvalue weighted by Crippen LogP contribution is -2.27. The lowest BCUT2D eigenvalue weighted by atomic mass is 10.3. The molecule has 1 aromatic carbocycles. The van der Waals surface area contributed by atoms with E-state index in [-0.39, 0.29) is 17.1 Å². The molecule has 2 unspecified atom stereocenters. The Morgan fingerprint density at radius 1 is 1.05 bits per heavy atom. The molecule has 40 heavy (non-hydrogen) atoms. The molecular formula is C20H23F6N5O6P2S. The van der Waals surface area contributed by atoms with E-state index in [0.717, 1.165) is 11.8 Å². The summed E-state index contributed by atoms with van der Waals surface area (Å²) >= 11 is 1.14. The zero-order chi connectivity index (χ0) is 29.9. The van der Waals surface area contributed by atoms with Gasteiger partial charge in [-0.3, -0.25) is 9.13 Å². The molecule has 2 aromatic heterocycles. The minimum absolute atomic E-state index is 0.0917. The van der Waals surface area contributed by atoms with Gasteiger partial charge in [0.05, 0.1) is 24.4 Å². The van der Waals surface area contributed by atoms with Crippen LogP contribution in [0.15, 0.2) is 40.5 Å². The highest BCUT2D eigenvalue weighted by Gasteiger charge is 2.54.